The third kappa shape index (κ3) is 1.96. The molecule has 6 nitrogen and oxygen atoms in total. The summed E-state index contributed by atoms with van der Waals surface area (Å²) in [5.74, 6) is 0.564. The summed E-state index contributed by atoms with van der Waals surface area (Å²) in [5, 5.41) is 20.2. The maximum absolute atomic E-state index is 10.8. The molecule has 1 fully saturated rings. The van der Waals surface area contributed by atoms with Crippen LogP contribution in [-0.4, -0.2) is 34.2 Å². The Morgan fingerprint density at radius 2 is 2.44 bits per heavy atom. The number of aryl methyl sites for hydroxylation is 1. The predicted octanol–water partition coefficient (Wildman–Crippen LogP) is 0.869. The van der Waals surface area contributed by atoms with Gasteiger partial charge in [0.2, 0.25) is 0 Å². The zero-order valence-corrected chi connectivity index (χ0v) is 8.96. The van der Waals surface area contributed by atoms with Crippen LogP contribution < -0.4 is 4.90 Å². The van der Waals surface area contributed by atoms with Crippen molar-refractivity contribution in [2.24, 2.45) is 0 Å². The summed E-state index contributed by atoms with van der Waals surface area (Å²) in [5.41, 5.74) is 0.625. The average Bonchev–Trinajstić information content (AvgIpc) is 2.65. The highest BCUT2D eigenvalue weighted by molar-refractivity contribution is 5.51. The summed E-state index contributed by atoms with van der Waals surface area (Å²) >= 11 is 0. The second-order valence-electron chi connectivity index (χ2n) is 3.97. The monoisotopic (exact) mass is 223 g/mol. The Hall–Kier alpha value is -1.69. The van der Waals surface area contributed by atoms with Crippen molar-refractivity contribution in [3.05, 3.63) is 27.9 Å². The van der Waals surface area contributed by atoms with Gasteiger partial charge >= 0.3 is 0 Å². The molecule has 1 aromatic rings. The van der Waals surface area contributed by atoms with Crippen molar-refractivity contribution < 1.29 is 10.0 Å². The van der Waals surface area contributed by atoms with E-state index in [0.717, 1.165) is 0 Å². The summed E-state index contributed by atoms with van der Waals surface area (Å²) in [4.78, 5) is 16.4. The summed E-state index contributed by atoms with van der Waals surface area (Å²) in [6.07, 6.45) is 1.82. The number of hydrogen-bond acceptors (Lipinski definition) is 5. The molecule has 0 aliphatic carbocycles. The first kappa shape index (κ1) is 10.8. The van der Waals surface area contributed by atoms with Gasteiger partial charge in [0.1, 0.15) is 5.82 Å². The summed E-state index contributed by atoms with van der Waals surface area (Å²) in [6, 6.07) is 1.47. The van der Waals surface area contributed by atoms with Crippen LogP contribution in [0.5, 0.6) is 0 Å². The van der Waals surface area contributed by atoms with Gasteiger partial charge in [0.05, 0.1) is 17.1 Å². The molecule has 2 heterocycles. The molecule has 1 aliphatic heterocycles. The fourth-order valence-electron chi connectivity index (χ4n) is 1.82. The molecule has 1 atom stereocenters. The van der Waals surface area contributed by atoms with E-state index in [1.807, 2.05) is 4.90 Å². The van der Waals surface area contributed by atoms with E-state index in [1.54, 1.807) is 6.92 Å². The van der Waals surface area contributed by atoms with Crippen LogP contribution in [0.25, 0.3) is 0 Å². The first-order chi connectivity index (χ1) is 7.58. The van der Waals surface area contributed by atoms with E-state index >= 15 is 0 Å². The number of β-amino-alcohol motifs (C(OH)–C–C–N with tert-alkyl or cyclic N) is 1. The van der Waals surface area contributed by atoms with E-state index in [-0.39, 0.29) is 11.8 Å². The molecule has 1 aliphatic rings. The molecule has 1 N–H and O–H groups in total. The van der Waals surface area contributed by atoms with E-state index in [4.69, 9.17) is 0 Å². The molecule has 0 amide bonds. The van der Waals surface area contributed by atoms with Crippen LogP contribution >= 0.6 is 0 Å². The predicted molar refractivity (Wildman–Crippen MR) is 58.5 cm³/mol. The van der Waals surface area contributed by atoms with Crippen molar-refractivity contribution in [3.63, 3.8) is 0 Å². The van der Waals surface area contributed by atoms with Crippen molar-refractivity contribution in [2.45, 2.75) is 19.4 Å². The molecule has 2 rings (SSSR count). The number of hydrogen-bond donors (Lipinski definition) is 1. The van der Waals surface area contributed by atoms with E-state index in [2.05, 4.69) is 4.98 Å². The smallest absolute Gasteiger partial charge is 0.277 e. The summed E-state index contributed by atoms with van der Waals surface area (Å²) < 4.78 is 0. The second-order valence-corrected chi connectivity index (χ2v) is 3.97. The highest BCUT2D eigenvalue weighted by atomic mass is 16.6. The fourth-order valence-corrected chi connectivity index (χ4v) is 1.82. The molecule has 0 spiro atoms. The van der Waals surface area contributed by atoms with Gasteiger partial charge in [-0.2, -0.15) is 0 Å². The number of rotatable bonds is 2. The molecule has 1 aromatic heterocycles. The third-order valence-electron chi connectivity index (χ3n) is 2.74. The van der Waals surface area contributed by atoms with Crippen molar-refractivity contribution in [3.8, 4) is 0 Å². The van der Waals surface area contributed by atoms with Gasteiger partial charge in [0.25, 0.3) is 5.69 Å². The van der Waals surface area contributed by atoms with Crippen molar-refractivity contribution in [2.75, 3.05) is 18.0 Å². The summed E-state index contributed by atoms with van der Waals surface area (Å²) in [6.45, 7) is 2.84. The molecular formula is C10H13N3O3. The molecule has 16 heavy (non-hydrogen) atoms. The number of anilines is 1. The van der Waals surface area contributed by atoms with Gasteiger partial charge < -0.3 is 10.0 Å². The highest BCUT2D eigenvalue weighted by Crippen LogP contribution is 2.24. The van der Waals surface area contributed by atoms with Crippen molar-refractivity contribution >= 4 is 11.5 Å². The number of aliphatic hydroxyl groups is 1. The van der Waals surface area contributed by atoms with Crippen LogP contribution in [0.1, 0.15) is 12.0 Å². The molecule has 0 bridgehead atoms. The quantitative estimate of drug-likeness (QED) is 0.594. The molecule has 6 heteroatoms. The first-order valence-corrected chi connectivity index (χ1v) is 5.12. The van der Waals surface area contributed by atoms with Gasteiger partial charge in [-0.1, -0.05) is 0 Å². The first-order valence-electron chi connectivity index (χ1n) is 5.12. The molecule has 0 unspecified atom stereocenters. The SMILES string of the molecule is Cc1cnc(N2CC[C@@H](O)C2)cc1[N+](=O)[O-]. The Bertz CT molecular complexity index is 422. The maximum Gasteiger partial charge on any atom is 0.277 e. The number of nitro groups is 1. The zero-order chi connectivity index (χ0) is 11.7. The Morgan fingerprint density at radius 3 is 3.00 bits per heavy atom. The van der Waals surface area contributed by atoms with Crippen LogP contribution in [-0.2, 0) is 0 Å². The lowest BCUT2D eigenvalue weighted by Gasteiger charge is -2.16. The number of pyridine rings is 1. The largest absolute Gasteiger partial charge is 0.391 e. The van der Waals surface area contributed by atoms with E-state index < -0.39 is 4.92 Å². The topological polar surface area (TPSA) is 79.5 Å². The Morgan fingerprint density at radius 1 is 1.69 bits per heavy atom. The molecule has 86 valence electrons. The Kier molecular flexibility index (Phi) is 2.74. The second kappa shape index (κ2) is 4.05. The van der Waals surface area contributed by atoms with Crippen LogP contribution in [0.4, 0.5) is 11.5 Å². The minimum atomic E-state index is -0.410. The Labute approximate surface area is 92.7 Å². The lowest BCUT2D eigenvalue weighted by atomic mass is 10.2. The van der Waals surface area contributed by atoms with E-state index in [0.29, 0.717) is 30.9 Å². The normalized spacial score (nSPS) is 20.1. The van der Waals surface area contributed by atoms with Gasteiger partial charge in [-0.25, -0.2) is 4.98 Å². The lowest BCUT2D eigenvalue weighted by Crippen LogP contribution is -2.22. The number of nitrogens with zero attached hydrogens (tertiary/aromatic N) is 3. The molecule has 1 saturated heterocycles. The molecular weight excluding hydrogens is 210 g/mol. The average molecular weight is 223 g/mol. The summed E-state index contributed by atoms with van der Waals surface area (Å²) in [7, 11) is 0. The number of aromatic nitrogens is 1. The Balaban J connectivity index is 2.29. The lowest BCUT2D eigenvalue weighted by molar-refractivity contribution is -0.385. The minimum Gasteiger partial charge on any atom is -0.391 e. The van der Waals surface area contributed by atoms with Crippen molar-refractivity contribution in [1.82, 2.24) is 4.98 Å². The number of aliphatic hydroxyl groups excluding tert-OH is 1. The molecule has 0 saturated carbocycles. The molecule has 0 aromatic carbocycles. The van der Waals surface area contributed by atoms with Crippen LogP contribution in [0.2, 0.25) is 0 Å². The fraction of sp³-hybridized carbons (Fsp3) is 0.500. The maximum atomic E-state index is 10.8. The van der Waals surface area contributed by atoms with E-state index in [9.17, 15) is 15.2 Å². The third-order valence-corrected chi connectivity index (χ3v) is 2.74. The van der Waals surface area contributed by atoms with Crippen LogP contribution in [0, 0.1) is 17.0 Å². The van der Waals surface area contributed by atoms with Gasteiger partial charge in [0, 0.05) is 24.8 Å². The van der Waals surface area contributed by atoms with E-state index in [1.165, 1.54) is 12.3 Å². The van der Waals surface area contributed by atoms with Gasteiger partial charge in [-0.15, -0.1) is 0 Å². The van der Waals surface area contributed by atoms with Crippen molar-refractivity contribution in [1.29, 1.82) is 0 Å². The zero-order valence-electron chi connectivity index (χ0n) is 8.96. The van der Waals surface area contributed by atoms with Crippen LogP contribution in [0.3, 0.4) is 0 Å². The van der Waals surface area contributed by atoms with Gasteiger partial charge in [0.15, 0.2) is 0 Å². The van der Waals surface area contributed by atoms with Gasteiger partial charge in [-0.3, -0.25) is 10.1 Å². The van der Waals surface area contributed by atoms with Gasteiger partial charge in [-0.05, 0) is 13.3 Å². The van der Waals surface area contributed by atoms with Crippen LogP contribution in [0.15, 0.2) is 12.3 Å². The standard InChI is InChI=1S/C10H13N3O3/c1-7-5-11-10(4-9(7)13(15)16)12-3-2-8(14)6-12/h4-5,8,14H,2-3,6H2,1H3/t8-/m1/s1. The highest BCUT2D eigenvalue weighted by Gasteiger charge is 2.23. The molecule has 0 radical (unpaired) electrons. The minimum absolute atomic E-state index is 0.0754.